The number of aromatic nitrogens is 3. The van der Waals surface area contributed by atoms with E-state index in [1.165, 1.54) is 19.4 Å². The molecule has 0 spiro atoms. The Kier molecular flexibility index (Phi) is 6.96. The van der Waals surface area contributed by atoms with E-state index < -0.39 is 23.5 Å². The number of pyridine rings is 1. The molecule has 188 valence electrons. The summed E-state index contributed by atoms with van der Waals surface area (Å²) in [5.41, 5.74) is 1.88. The van der Waals surface area contributed by atoms with Gasteiger partial charge in [0.1, 0.15) is 11.5 Å². The van der Waals surface area contributed by atoms with Gasteiger partial charge in [-0.1, -0.05) is 6.07 Å². The van der Waals surface area contributed by atoms with Gasteiger partial charge < -0.3 is 10.6 Å². The number of nitrogens with zero attached hydrogens (tertiary/aromatic N) is 3. The van der Waals surface area contributed by atoms with E-state index in [1.54, 1.807) is 36.4 Å². The monoisotopic (exact) mass is 509 g/mol. The maximum Gasteiger partial charge on any atom is 0.419 e. The van der Waals surface area contributed by atoms with E-state index in [1.807, 2.05) is 6.92 Å². The average Bonchev–Trinajstić information content (AvgIpc) is 2.89. The average molecular weight is 509 g/mol. The third kappa shape index (κ3) is 5.61. The van der Waals surface area contributed by atoms with Crippen molar-refractivity contribution in [3.8, 4) is 22.4 Å². The summed E-state index contributed by atoms with van der Waals surface area (Å²) in [6.07, 6.45) is -1.90. The molecule has 4 rings (SSSR count). The van der Waals surface area contributed by atoms with Crippen LogP contribution in [0.25, 0.3) is 22.4 Å². The van der Waals surface area contributed by atoms with Crippen molar-refractivity contribution in [1.29, 1.82) is 0 Å². The van der Waals surface area contributed by atoms with E-state index in [9.17, 15) is 27.2 Å². The van der Waals surface area contributed by atoms with E-state index in [4.69, 9.17) is 0 Å². The van der Waals surface area contributed by atoms with Gasteiger partial charge in [0, 0.05) is 35.6 Å². The molecule has 0 bridgehead atoms. The van der Waals surface area contributed by atoms with Crippen LogP contribution < -0.4 is 10.6 Å². The molecule has 2 heterocycles. The molecule has 4 aromatic rings. The van der Waals surface area contributed by atoms with Gasteiger partial charge in [-0.05, 0) is 66.6 Å². The summed E-state index contributed by atoms with van der Waals surface area (Å²) in [5, 5.41) is 13.3. The molecule has 2 aromatic heterocycles. The Morgan fingerprint density at radius 3 is 2.43 bits per heavy atom. The maximum atomic E-state index is 13.6. The van der Waals surface area contributed by atoms with Gasteiger partial charge in [0.15, 0.2) is 0 Å². The fourth-order valence-corrected chi connectivity index (χ4v) is 3.58. The molecule has 0 saturated carbocycles. The summed E-state index contributed by atoms with van der Waals surface area (Å²) in [5.74, 6) is -2.64. The van der Waals surface area contributed by atoms with Crippen molar-refractivity contribution in [2.75, 3.05) is 12.4 Å². The number of alkyl halides is 3. The van der Waals surface area contributed by atoms with Gasteiger partial charge in [-0.2, -0.15) is 23.4 Å². The lowest BCUT2D eigenvalue weighted by Gasteiger charge is -2.12. The second-order valence-electron chi connectivity index (χ2n) is 8.01. The van der Waals surface area contributed by atoms with Gasteiger partial charge in [0.2, 0.25) is 0 Å². The first-order valence-electron chi connectivity index (χ1n) is 10.9. The third-order valence-corrected chi connectivity index (χ3v) is 5.51. The van der Waals surface area contributed by atoms with Crippen LogP contribution in [0.3, 0.4) is 0 Å². The minimum Gasteiger partial charge on any atom is -0.354 e. The van der Waals surface area contributed by atoms with Crippen molar-refractivity contribution in [2.24, 2.45) is 0 Å². The van der Waals surface area contributed by atoms with Crippen LogP contribution in [0.15, 0.2) is 67.0 Å². The van der Waals surface area contributed by atoms with Crippen LogP contribution in [-0.2, 0) is 6.18 Å². The molecule has 0 fully saturated rings. The van der Waals surface area contributed by atoms with Crippen LogP contribution in [0.4, 0.5) is 23.2 Å². The number of nitrogens with one attached hydrogen (secondary N) is 2. The highest BCUT2D eigenvalue weighted by molar-refractivity contribution is 6.04. The number of benzene rings is 2. The van der Waals surface area contributed by atoms with Crippen LogP contribution in [-0.4, -0.2) is 34.0 Å². The van der Waals surface area contributed by atoms with Crippen molar-refractivity contribution in [3.63, 3.8) is 0 Å². The van der Waals surface area contributed by atoms with Gasteiger partial charge in [0.05, 0.1) is 17.5 Å². The van der Waals surface area contributed by atoms with E-state index in [0.717, 1.165) is 11.6 Å². The zero-order chi connectivity index (χ0) is 26.7. The normalized spacial score (nSPS) is 11.2. The lowest BCUT2D eigenvalue weighted by Crippen LogP contribution is -2.19. The topological polar surface area (TPSA) is 96.9 Å². The molecule has 11 heteroatoms. The number of halogens is 4. The Morgan fingerprint density at radius 1 is 0.919 bits per heavy atom. The highest BCUT2D eigenvalue weighted by Crippen LogP contribution is 2.32. The summed E-state index contributed by atoms with van der Waals surface area (Å²) < 4.78 is 52.7. The third-order valence-electron chi connectivity index (χ3n) is 5.51. The van der Waals surface area contributed by atoms with Crippen LogP contribution in [0.2, 0.25) is 0 Å². The largest absolute Gasteiger partial charge is 0.419 e. The van der Waals surface area contributed by atoms with Crippen molar-refractivity contribution < 1.29 is 27.2 Å². The van der Waals surface area contributed by atoms with Crippen molar-refractivity contribution in [1.82, 2.24) is 20.5 Å². The zero-order valence-electron chi connectivity index (χ0n) is 19.5. The number of hydrogen-bond acceptors (Lipinski definition) is 5. The molecule has 0 saturated heterocycles. The number of anilines is 1. The van der Waals surface area contributed by atoms with E-state index in [2.05, 4.69) is 25.8 Å². The standard InChI is InChI=1S/C26H19F4N5O2/c1-14-3-5-18(34-24(36)16-4-6-21(27)20(9-16)26(28,29)30)12-19(14)22-11-17(13-33-35-22)15-7-8-32-23(10-15)25(37)31-2/h3-13H,1-2H3,(H,31,37)(H,34,36). The van der Waals surface area contributed by atoms with Crippen LogP contribution in [0.5, 0.6) is 0 Å². The first-order valence-corrected chi connectivity index (χ1v) is 10.9. The molecule has 2 N–H and O–H groups in total. The molecular formula is C26H19F4N5O2. The van der Waals surface area contributed by atoms with Gasteiger partial charge in [-0.25, -0.2) is 4.39 Å². The lowest BCUT2D eigenvalue weighted by atomic mass is 10.0. The van der Waals surface area contributed by atoms with Gasteiger partial charge >= 0.3 is 6.18 Å². The molecule has 0 radical (unpaired) electrons. The molecule has 7 nitrogen and oxygen atoms in total. The second kappa shape index (κ2) is 10.1. The number of carbonyl (C=O) groups is 2. The number of hydrogen-bond donors (Lipinski definition) is 2. The molecule has 2 amide bonds. The number of amides is 2. The smallest absolute Gasteiger partial charge is 0.354 e. The van der Waals surface area contributed by atoms with Crippen LogP contribution >= 0.6 is 0 Å². The molecular weight excluding hydrogens is 490 g/mol. The van der Waals surface area contributed by atoms with E-state index >= 15 is 0 Å². The predicted molar refractivity (Wildman–Crippen MR) is 128 cm³/mol. The SMILES string of the molecule is CNC(=O)c1cc(-c2cnnc(-c3cc(NC(=O)c4ccc(F)c(C(F)(F)F)c4)ccc3C)c2)ccn1. The summed E-state index contributed by atoms with van der Waals surface area (Å²) in [4.78, 5) is 28.6. The highest BCUT2D eigenvalue weighted by Gasteiger charge is 2.34. The predicted octanol–water partition coefficient (Wildman–Crippen LogP) is 5.28. The van der Waals surface area contributed by atoms with Gasteiger partial charge in [0.25, 0.3) is 11.8 Å². The Hall–Kier alpha value is -4.67. The fraction of sp³-hybridized carbons (Fsp3) is 0.115. The minimum atomic E-state index is -4.93. The molecule has 0 atom stereocenters. The molecule has 0 unspecified atom stereocenters. The first-order chi connectivity index (χ1) is 17.6. The van der Waals surface area contributed by atoms with E-state index in [-0.39, 0.29) is 17.2 Å². The Labute approximate surface area is 208 Å². The number of aryl methyl sites for hydroxylation is 1. The van der Waals surface area contributed by atoms with Gasteiger partial charge in [-0.15, -0.1) is 0 Å². The number of rotatable bonds is 5. The summed E-state index contributed by atoms with van der Waals surface area (Å²) in [6.45, 7) is 1.82. The Balaban J connectivity index is 1.64. The molecule has 0 aliphatic carbocycles. The van der Waals surface area contributed by atoms with Crippen molar-refractivity contribution >= 4 is 17.5 Å². The van der Waals surface area contributed by atoms with Crippen molar-refractivity contribution in [3.05, 3.63) is 95.2 Å². The minimum absolute atomic E-state index is 0.230. The summed E-state index contributed by atoms with van der Waals surface area (Å²) >= 11 is 0. The number of carbonyl (C=O) groups excluding carboxylic acids is 2. The van der Waals surface area contributed by atoms with Crippen LogP contribution in [0, 0.1) is 12.7 Å². The lowest BCUT2D eigenvalue weighted by molar-refractivity contribution is -0.140. The van der Waals surface area contributed by atoms with Crippen LogP contribution in [0.1, 0.15) is 32.0 Å². The van der Waals surface area contributed by atoms with Gasteiger partial charge in [-0.3, -0.25) is 14.6 Å². The summed E-state index contributed by atoms with van der Waals surface area (Å²) in [7, 11) is 1.50. The first kappa shape index (κ1) is 25.4. The Bertz CT molecular complexity index is 1500. The molecule has 37 heavy (non-hydrogen) atoms. The molecule has 0 aliphatic rings. The maximum absolute atomic E-state index is 13.6. The summed E-state index contributed by atoms with van der Waals surface area (Å²) in [6, 6.07) is 12.0. The fourth-order valence-electron chi connectivity index (χ4n) is 3.58. The quantitative estimate of drug-likeness (QED) is 0.357. The zero-order valence-corrected chi connectivity index (χ0v) is 19.5. The molecule has 0 aliphatic heterocycles. The van der Waals surface area contributed by atoms with Crippen molar-refractivity contribution in [2.45, 2.75) is 13.1 Å². The second-order valence-corrected chi connectivity index (χ2v) is 8.01. The Morgan fingerprint density at radius 2 is 1.70 bits per heavy atom. The highest BCUT2D eigenvalue weighted by atomic mass is 19.4. The van der Waals surface area contributed by atoms with E-state index in [0.29, 0.717) is 40.2 Å². The molecule has 2 aromatic carbocycles.